The molecule has 0 saturated heterocycles. The molecule has 1 heterocycles. The molecular weight excluding hydrogens is 268 g/mol. The van der Waals surface area contributed by atoms with Gasteiger partial charge in [0.15, 0.2) is 11.5 Å². The zero-order valence-electron chi connectivity index (χ0n) is 12.2. The largest absolute Gasteiger partial charge is 0.396 e. The number of hydrogen-bond donors (Lipinski definition) is 1. The Morgan fingerprint density at radius 2 is 2.00 bits per heavy atom. The number of unbranched alkanes of at least 4 members (excludes halogenated alkanes) is 2. The second-order valence-corrected chi connectivity index (χ2v) is 4.95. The highest BCUT2D eigenvalue weighted by Crippen LogP contribution is 2.20. The van der Waals surface area contributed by atoms with Crippen LogP contribution < -0.4 is 0 Å². The number of rotatable bonds is 7. The molecule has 0 spiro atoms. The number of carbonyl (C=O) groups is 1. The Morgan fingerprint density at radius 1 is 1.24 bits per heavy atom. The van der Waals surface area contributed by atoms with Crippen molar-refractivity contribution in [3.8, 4) is 11.3 Å². The summed E-state index contributed by atoms with van der Waals surface area (Å²) in [6.45, 7) is 0.841. The fraction of sp³-hybridized carbons (Fsp3) is 0.375. The summed E-state index contributed by atoms with van der Waals surface area (Å²) in [5, 5.41) is 12.6. The van der Waals surface area contributed by atoms with Crippen LogP contribution in [0.15, 0.2) is 40.9 Å². The normalized spacial score (nSPS) is 10.6. The third kappa shape index (κ3) is 4.16. The molecule has 1 aromatic carbocycles. The van der Waals surface area contributed by atoms with E-state index in [4.69, 9.17) is 9.63 Å². The zero-order valence-corrected chi connectivity index (χ0v) is 12.2. The van der Waals surface area contributed by atoms with Gasteiger partial charge in [-0.1, -0.05) is 35.5 Å². The minimum absolute atomic E-state index is 0.148. The van der Waals surface area contributed by atoms with Crippen LogP contribution in [-0.2, 0) is 0 Å². The van der Waals surface area contributed by atoms with E-state index in [1.165, 1.54) is 0 Å². The lowest BCUT2D eigenvalue weighted by Crippen LogP contribution is -2.28. The fourth-order valence-electron chi connectivity index (χ4n) is 2.05. The number of benzene rings is 1. The first-order chi connectivity index (χ1) is 10.2. The average molecular weight is 288 g/mol. The third-order valence-corrected chi connectivity index (χ3v) is 3.29. The van der Waals surface area contributed by atoms with Gasteiger partial charge in [0.25, 0.3) is 5.91 Å². The van der Waals surface area contributed by atoms with Crippen LogP contribution in [0.4, 0.5) is 0 Å². The molecule has 112 valence electrons. The minimum atomic E-state index is -0.148. The first kappa shape index (κ1) is 15.3. The number of aromatic nitrogens is 1. The Kier molecular flexibility index (Phi) is 5.51. The van der Waals surface area contributed by atoms with Gasteiger partial charge in [-0.2, -0.15) is 0 Å². The molecule has 0 saturated carbocycles. The summed E-state index contributed by atoms with van der Waals surface area (Å²) in [4.78, 5) is 13.8. The maximum absolute atomic E-state index is 12.2. The number of aliphatic hydroxyl groups is 1. The summed E-state index contributed by atoms with van der Waals surface area (Å²) in [5.74, 6) is 0.442. The van der Waals surface area contributed by atoms with Crippen molar-refractivity contribution in [3.05, 3.63) is 42.1 Å². The topological polar surface area (TPSA) is 66.6 Å². The molecule has 0 fully saturated rings. The van der Waals surface area contributed by atoms with Gasteiger partial charge in [-0.25, -0.2) is 0 Å². The second-order valence-electron chi connectivity index (χ2n) is 4.95. The van der Waals surface area contributed by atoms with Crippen LogP contribution in [0.1, 0.15) is 29.8 Å². The smallest absolute Gasteiger partial charge is 0.275 e. The lowest BCUT2D eigenvalue weighted by Gasteiger charge is -2.14. The highest BCUT2D eigenvalue weighted by atomic mass is 16.5. The molecule has 0 aliphatic rings. The lowest BCUT2D eigenvalue weighted by molar-refractivity contribution is 0.0782. The Bertz CT molecular complexity index is 566. The van der Waals surface area contributed by atoms with Gasteiger partial charge in [-0.3, -0.25) is 4.79 Å². The highest BCUT2D eigenvalue weighted by molar-refractivity contribution is 5.92. The molecule has 0 unspecified atom stereocenters. The third-order valence-electron chi connectivity index (χ3n) is 3.29. The maximum atomic E-state index is 12.2. The van der Waals surface area contributed by atoms with Crippen molar-refractivity contribution in [3.63, 3.8) is 0 Å². The number of aliphatic hydroxyl groups excluding tert-OH is 1. The van der Waals surface area contributed by atoms with Crippen molar-refractivity contribution in [2.24, 2.45) is 0 Å². The molecule has 0 atom stereocenters. The van der Waals surface area contributed by atoms with Gasteiger partial charge in [0, 0.05) is 31.8 Å². The summed E-state index contributed by atoms with van der Waals surface area (Å²) in [6, 6.07) is 11.2. The molecule has 1 amide bonds. The van der Waals surface area contributed by atoms with Crippen molar-refractivity contribution >= 4 is 5.91 Å². The fourth-order valence-corrected chi connectivity index (χ4v) is 2.05. The Morgan fingerprint density at radius 3 is 2.71 bits per heavy atom. The Balaban J connectivity index is 1.95. The molecule has 1 aromatic heterocycles. The summed E-state index contributed by atoms with van der Waals surface area (Å²) < 4.78 is 5.23. The number of nitrogens with zero attached hydrogens (tertiary/aromatic N) is 2. The maximum Gasteiger partial charge on any atom is 0.275 e. The quantitative estimate of drug-likeness (QED) is 0.795. The Labute approximate surface area is 124 Å². The van der Waals surface area contributed by atoms with E-state index in [2.05, 4.69) is 5.16 Å². The van der Waals surface area contributed by atoms with Crippen LogP contribution in [0.3, 0.4) is 0 Å². The standard InChI is InChI=1S/C16H20N2O3/c1-18(10-6-3-7-11-19)16(20)14-12-15(21-17-14)13-8-4-2-5-9-13/h2,4-5,8-9,12,19H,3,6-7,10-11H2,1H3. The predicted molar refractivity (Wildman–Crippen MR) is 79.8 cm³/mol. The van der Waals surface area contributed by atoms with Gasteiger partial charge < -0.3 is 14.5 Å². The van der Waals surface area contributed by atoms with Crippen LogP contribution >= 0.6 is 0 Å². The van der Waals surface area contributed by atoms with E-state index in [1.54, 1.807) is 18.0 Å². The zero-order chi connectivity index (χ0) is 15.1. The number of amides is 1. The number of hydrogen-bond acceptors (Lipinski definition) is 4. The van der Waals surface area contributed by atoms with Gasteiger partial charge in [0.2, 0.25) is 0 Å². The van der Waals surface area contributed by atoms with Crippen LogP contribution in [0.25, 0.3) is 11.3 Å². The average Bonchev–Trinajstić information content (AvgIpc) is 3.01. The summed E-state index contributed by atoms with van der Waals surface area (Å²) in [6.07, 6.45) is 2.54. The van der Waals surface area contributed by atoms with Gasteiger partial charge in [-0.15, -0.1) is 0 Å². The molecule has 2 rings (SSSR count). The first-order valence-corrected chi connectivity index (χ1v) is 7.11. The van der Waals surface area contributed by atoms with Crippen molar-refractivity contribution < 1.29 is 14.4 Å². The van der Waals surface area contributed by atoms with Crippen LogP contribution in [0.2, 0.25) is 0 Å². The molecule has 21 heavy (non-hydrogen) atoms. The summed E-state index contributed by atoms with van der Waals surface area (Å²) in [7, 11) is 1.75. The van der Waals surface area contributed by atoms with Gasteiger partial charge in [0.1, 0.15) is 0 Å². The van der Waals surface area contributed by atoms with Crippen molar-refractivity contribution in [1.29, 1.82) is 0 Å². The highest BCUT2D eigenvalue weighted by Gasteiger charge is 2.17. The van der Waals surface area contributed by atoms with E-state index in [0.29, 0.717) is 18.0 Å². The van der Waals surface area contributed by atoms with Crippen molar-refractivity contribution in [2.45, 2.75) is 19.3 Å². The molecule has 5 nitrogen and oxygen atoms in total. The van der Waals surface area contributed by atoms with E-state index >= 15 is 0 Å². The number of carbonyl (C=O) groups excluding carboxylic acids is 1. The summed E-state index contributed by atoms with van der Waals surface area (Å²) in [5.41, 5.74) is 1.22. The van der Waals surface area contributed by atoms with Gasteiger partial charge in [-0.05, 0) is 19.3 Å². The monoisotopic (exact) mass is 288 g/mol. The van der Waals surface area contributed by atoms with E-state index in [9.17, 15) is 4.79 Å². The van der Waals surface area contributed by atoms with E-state index in [0.717, 1.165) is 24.8 Å². The molecule has 5 heteroatoms. The van der Waals surface area contributed by atoms with E-state index in [-0.39, 0.29) is 12.5 Å². The first-order valence-electron chi connectivity index (χ1n) is 7.11. The molecule has 0 aliphatic heterocycles. The summed E-state index contributed by atoms with van der Waals surface area (Å²) >= 11 is 0. The van der Waals surface area contributed by atoms with Crippen LogP contribution in [-0.4, -0.2) is 41.3 Å². The van der Waals surface area contributed by atoms with E-state index in [1.807, 2.05) is 30.3 Å². The van der Waals surface area contributed by atoms with E-state index < -0.39 is 0 Å². The lowest BCUT2D eigenvalue weighted by atomic mass is 10.1. The van der Waals surface area contributed by atoms with Crippen molar-refractivity contribution in [2.75, 3.05) is 20.2 Å². The minimum Gasteiger partial charge on any atom is -0.396 e. The Hall–Kier alpha value is -2.14. The van der Waals surface area contributed by atoms with Crippen LogP contribution in [0, 0.1) is 0 Å². The van der Waals surface area contributed by atoms with Crippen molar-refractivity contribution in [1.82, 2.24) is 10.1 Å². The molecule has 0 radical (unpaired) electrons. The molecule has 1 N–H and O–H groups in total. The predicted octanol–water partition coefficient (Wildman–Crippen LogP) is 2.58. The molecule has 0 aliphatic carbocycles. The van der Waals surface area contributed by atoms with Gasteiger partial charge in [0.05, 0.1) is 0 Å². The second kappa shape index (κ2) is 7.59. The molecule has 2 aromatic rings. The van der Waals surface area contributed by atoms with Crippen LogP contribution in [0.5, 0.6) is 0 Å². The SMILES string of the molecule is CN(CCCCCO)C(=O)c1cc(-c2ccccc2)on1. The van der Waals surface area contributed by atoms with Gasteiger partial charge >= 0.3 is 0 Å². The molecular formula is C16H20N2O3. The molecule has 0 bridgehead atoms.